The van der Waals surface area contributed by atoms with Crippen LogP contribution in [0.4, 0.5) is 0 Å². The molecule has 21 heavy (non-hydrogen) atoms. The van der Waals surface area contributed by atoms with E-state index in [0.717, 1.165) is 22.4 Å². The first kappa shape index (κ1) is 16.0. The molecule has 0 aliphatic heterocycles. The highest BCUT2D eigenvalue weighted by Gasteiger charge is 2.12. The molecule has 0 saturated carbocycles. The van der Waals surface area contributed by atoms with Gasteiger partial charge in [0.05, 0.1) is 23.8 Å². The van der Waals surface area contributed by atoms with Gasteiger partial charge in [-0.05, 0) is 30.7 Å². The number of hydrogen-bond acceptors (Lipinski definition) is 3. The average molecular weight is 326 g/mol. The predicted molar refractivity (Wildman–Crippen MR) is 87.5 cm³/mol. The molecule has 0 aliphatic carbocycles. The van der Waals surface area contributed by atoms with Gasteiger partial charge >= 0.3 is 0 Å². The van der Waals surface area contributed by atoms with Crippen LogP contribution in [0.15, 0.2) is 30.3 Å². The number of nitrogens with two attached hydrogens (primary N) is 1. The van der Waals surface area contributed by atoms with E-state index in [4.69, 9.17) is 38.4 Å². The van der Waals surface area contributed by atoms with E-state index in [2.05, 4.69) is 0 Å². The van der Waals surface area contributed by atoms with Crippen molar-refractivity contribution in [1.29, 1.82) is 0 Å². The van der Waals surface area contributed by atoms with Gasteiger partial charge < -0.3 is 15.2 Å². The van der Waals surface area contributed by atoms with Crippen LogP contribution < -0.4 is 15.2 Å². The van der Waals surface area contributed by atoms with Gasteiger partial charge in [0, 0.05) is 23.7 Å². The lowest BCUT2D eigenvalue weighted by Gasteiger charge is -2.13. The van der Waals surface area contributed by atoms with Gasteiger partial charge in [-0.15, -0.1) is 0 Å². The summed E-state index contributed by atoms with van der Waals surface area (Å²) in [6.45, 7) is 2.82. The van der Waals surface area contributed by atoms with Gasteiger partial charge in [-0.25, -0.2) is 0 Å². The maximum absolute atomic E-state index is 6.34. The van der Waals surface area contributed by atoms with Crippen molar-refractivity contribution in [2.45, 2.75) is 13.5 Å². The molecule has 0 saturated heterocycles. The molecule has 2 rings (SSSR count). The van der Waals surface area contributed by atoms with Crippen molar-refractivity contribution in [3.8, 4) is 22.6 Å². The zero-order valence-corrected chi connectivity index (χ0v) is 13.5. The smallest absolute Gasteiger partial charge is 0.139 e. The minimum absolute atomic E-state index is 0.388. The number of ether oxygens (including phenoxy) is 2. The lowest BCUT2D eigenvalue weighted by atomic mass is 10.0. The molecule has 0 spiro atoms. The van der Waals surface area contributed by atoms with E-state index in [9.17, 15) is 0 Å². The summed E-state index contributed by atoms with van der Waals surface area (Å²) in [5.41, 5.74) is 8.43. The van der Waals surface area contributed by atoms with Crippen molar-refractivity contribution in [1.82, 2.24) is 0 Å². The molecule has 0 heterocycles. The first-order valence-electron chi connectivity index (χ1n) is 6.59. The molecule has 0 unspecified atom stereocenters. The highest BCUT2D eigenvalue weighted by atomic mass is 35.5. The Morgan fingerprint density at radius 1 is 1.05 bits per heavy atom. The van der Waals surface area contributed by atoms with Crippen molar-refractivity contribution in [3.05, 3.63) is 45.9 Å². The summed E-state index contributed by atoms with van der Waals surface area (Å²) in [6, 6.07) is 9.29. The molecule has 3 nitrogen and oxygen atoms in total. The van der Waals surface area contributed by atoms with Gasteiger partial charge in [0.15, 0.2) is 0 Å². The Hall–Kier alpha value is -1.42. The van der Waals surface area contributed by atoms with Gasteiger partial charge in [0.2, 0.25) is 0 Å². The Labute approximate surface area is 134 Å². The highest BCUT2D eigenvalue weighted by Crippen LogP contribution is 2.38. The molecule has 0 atom stereocenters. The van der Waals surface area contributed by atoms with E-state index in [1.165, 1.54) is 0 Å². The predicted octanol–water partition coefficient (Wildman–Crippen LogP) is 4.53. The van der Waals surface area contributed by atoms with E-state index in [-0.39, 0.29) is 0 Å². The molecule has 2 N–H and O–H groups in total. The molecule has 0 radical (unpaired) electrons. The van der Waals surface area contributed by atoms with Crippen LogP contribution in [0.1, 0.15) is 12.5 Å². The van der Waals surface area contributed by atoms with Gasteiger partial charge in [-0.2, -0.15) is 0 Å². The normalized spacial score (nSPS) is 10.5. The van der Waals surface area contributed by atoms with E-state index >= 15 is 0 Å². The van der Waals surface area contributed by atoms with Crippen molar-refractivity contribution in [3.63, 3.8) is 0 Å². The van der Waals surface area contributed by atoms with Crippen LogP contribution in [0, 0.1) is 0 Å². The van der Waals surface area contributed by atoms with Gasteiger partial charge in [-0.3, -0.25) is 0 Å². The molecular weight excluding hydrogens is 309 g/mol. The van der Waals surface area contributed by atoms with Crippen LogP contribution in [-0.2, 0) is 6.54 Å². The highest BCUT2D eigenvalue weighted by molar-refractivity contribution is 6.36. The minimum atomic E-state index is 0.388. The zero-order valence-electron chi connectivity index (χ0n) is 12.0. The lowest BCUT2D eigenvalue weighted by Crippen LogP contribution is -2.00. The maximum Gasteiger partial charge on any atom is 0.139 e. The van der Waals surface area contributed by atoms with Crippen molar-refractivity contribution < 1.29 is 9.47 Å². The van der Waals surface area contributed by atoms with E-state index in [0.29, 0.717) is 28.9 Å². The van der Waals surface area contributed by atoms with E-state index < -0.39 is 0 Å². The fourth-order valence-electron chi connectivity index (χ4n) is 2.12. The third kappa shape index (κ3) is 3.43. The number of methoxy groups -OCH3 is 1. The fraction of sp³-hybridized carbons (Fsp3) is 0.250. The van der Waals surface area contributed by atoms with Gasteiger partial charge in [-0.1, -0.05) is 29.3 Å². The number of benzene rings is 2. The molecule has 2 aromatic rings. The lowest BCUT2D eigenvalue weighted by molar-refractivity contribution is 0.340. The summed E-state index contributed by atoms with van der Waals surface area (Å²) < 4.78 is 10.7. The Balaban J connectivity index is 2.49. The van der Waals surface area contributed by atoms with Crippen LogP contribution in [-0.4, -0.2) is 13.7 Å². The third-order valence-electron chi connectivity index (χ3n) is 3.13. The molecule has 0 amide bonds. The summed E-state index contributed by atoms with van der Waals surface area (Å²) in [4.78, 5) is 0. The Kier molecular flexibility index (Phi) is 5.34. The van der Waals surface area contributed by atoms with E-state index in [1.807, 2.05) is 25.1 Å². The molecule has 112 valence electrons. The maximum atomic E-state index is 6.34. The quantitative estimate of drug-likeness (QED) is 0.878. The molecule has 2 aromatic carbocycles. The summed E-state index contributed by atoms with van der Waals surface area (Å²) in [7, 11) is 1.62. The Morgan fingerprint density at radius 3 is 2.43 bits per heavy atom. The summed E-state index contributed by atoms with van der Waals surface area (Å²) in [5.74, 6) is 1.34. The average Bonchev–Trinajstić information content (AvgIpc) is 2.50. The van der Waals surface area contributed by atoms with Crippen LogP contribution in [0.2, 0.25) is 10.0 Å². The number of hydrogen-bond donors (Lipinski definition) is 1. The van der Waals surface area contributed by atoms with Crippen molar-refractivity contribution in [2.75, 3.05) is 13.7 Å². The number of halogens is 2. The van der Waals surface area contributed by atoms with Crippen LogP contribution in [0.5, 0.6) is 11.5 Å². The zero-order chi connectivity index (χ0) is 15.4. The first-order chi connectivity index (χ1) is 10.1. The van der Waals surface area contributed by atoms with Crippen LogP contribution in [0.25, 0.3) is 11.1 Å². The molecule has 5 heteroatoms. The molecule has 0 bridgehead atoms. The standard InChI is InChI=1S/C16H17Cl2NO2/c1-3-21-16-8-13(17)12(7-14(16)18)10-4-5-15(20-2)11(6-10)9-19/h4-8H,3,9,19H2,1-2H3. The fourth-order valence-corrected chi connectivity index (χ4v) is 2.60. The second kappa shape index (κ2) is 7.03. The minimum Gasteiger partial charge on any atom is -0.496 e. The molecule has 0 aliphatic rings. The van der Waals surface area contributed by atoms with Crippen molar-refractivity contribution in [2.24, 2.45) is 5.73 Å². The van der Waals surface area contributed by atoms with Crippen LogP contribution in [0.3, 0.4) is 0 Å². The van der Waals surface area contributed by atoms with Gasteiger partial charge in [0.25, 0.3) is 0 Å². The van der Waals surface area contributed by atoms with E-state index in [1.54, 1.807) is 19.2 Å². The van der Waals surface area contributed by atoms with Crippen molar-refractivity contribution >= 4 is 23.2 Å². The van der Waals surface area contributed by atoms with Crippen LogP contribution >= 0.6 is 23.2 Å². The SMILES string of the molecule is CCOc1cc(Cl)c(-c2ccc(OC)c(CN)c2)cc1Cl. The Morgan fingerprint density at radius 2 is 1.81 bits per heavy atom. The second-order valence-electron chi connectivity index (χ2n) is 4.43. The first-order valence-corrected chi connectivity index (χ1v) is 7.35. The molecule has 0 aromatic heterocycles. The molecular formula is C16H17Cl2NO2. The number of rotatable bonds is 5. The second-order valence-corrected chi connectivity index (χ2v) is 5.24. The summed E-state index contributed by atoms with van der Waals surface area (Å²) >= 11 is 12.6. The third-order valence-corrected chi connectivity index (χ3v) is 3.74. The summed E-state index contributed by atoms with van der Waals surface area (Å²) in [6.07, 6.45) is 0. The summed E-state index contributed by atoms with van der Waals surface area (Å²) in [5, 5.41) is 1.11. The molecule has 0 fully saturated rings. The largest absolute Gasteiger partial charge is 0.496 e. The Bertz CT molecular complexity index is 644. The van der Waals surface area contributed by atoms with Gasteiger partial charge in [0.1, 0.15) is 11.5 Å². The topological polar surface area (TPSA) is 44.5 Å². The monoisotopic (exact) mass is 325 g/mol.